The van der Waals surface area contributed by atoms with Gasteiger partial charge in [0.1, 0.15) is 6.42 Å². The fraction of sp³-hybridized carbons (Fsp3) is 0.278. The Balaban J connectivity index is 1.64. The van der Waals surface area contributed by atoms with Gasteiger partial charge < -0.3 is 10.6 Å². The maximum absolute atomic E-state index is 11.8. The van der Waals surface area contributed by atoms with Gasteiger partial charge in [0.15, 0.2) is 0 Å². The Morgan fingerprint density at radius 2 is 1.70 bits per heavy atom. The van der Waals surface area contributed by atoms with Gasteiger partial charge in [0, 0.05) is 24.6 Å². The van der Waals surface area contributed by atoms with E-state index in [0.717, 1.165) is 18.4 Å². The number of aromatic nitrogens is 1. The number of amides is 2. The molecule has 1 heterocycles. The molecule has 0 radical (unpaired) electrons. The first-order valence-electron chi connectivity index (χ1n) is 7.65. The first-order valence-corrected chi connectivity index (χ1v) is 7.65. The van der Waals surface area contributed by atoms with E-state index in [1.54, 1.807) is 12.4 Å². The number of hydrogen-bond donors (Lipinski definition) is 2. The number of rotatable bonds is 7. The number of carbonyl (C=O) groups is 2. The van der Waals surface area contributed by atoms with E-state index >= 15 is 0 Å². The van der Waals surface area contributed by atoms with Crippen LogP contribution in [0.5, 0.6) is 0 Å². The molecule has 0 saturated carbocycles. The number of anilines is 1. The van der Waals surface area contributed by atoms with Gasteiger partial charge in [-0.05, 0) is 49.6 Å². The third-order valence-electron chi connectivity index (χ3n) is 3.37. The first-order chi connectivity index (χ1) is 11.1. The van der Waals surface area contributed by atoms with Crippen molar-refractivity contribution in [3.8, 4) is 0 Å². The zero-order valence-corrected chi connectivity index (χ0v) is 13.2. The monoisotopic (exact) mass is 311 g/mol. The molecule has 0 saturated heterocycles. The van der Waals surface area contributed by atoms with E-state index in [-0.39, 0.29) is 18.2 Å². The maximum atomic E-state index is 11.8. The number of nitrogens with one attached hydrogen (secondary N) is 2. The molecule has 2 rings (SSSR count). The van der Waals surface area contributed by atoms with Crippen LogP contribution in [0.4, 0.5) is 5.69 Å². The van der Waals surface area contributed by atoms with E-state index in [1.807, 2.05) is 43.3 Å². The van der Waals surface area contributed by atoms with Crippen LogP contribution in [0, 0.1) is 6.92 Å². The molecule has 5 nitrogen and oxygen atoms in total. The Kier molecular flexibility index (Phi) is 6.29. The van der Waals surface area contributed by atoms with Crippen LogP contribution < -0.4 is 10.6 Å². The number of aryl methyl sites for hydroxylation is 2. The molecule has 0 aliphatic heterocycles. The Labute approximate surface area is 136 Å². The highest BCUT2D eigenvalue weighted by molar-refractivity contribution is 6.03. The summed E-state index contributed by atoms with van der Waals surface area (Å²) in [6.07, 6.45) is 5.05. The molecule has 0 aliphatic carbocycles. The molecule has 0 fully saturated rings. The van der Waals surface area contributed by atoms with E-state index in [9.17, 15) is 9.59 Å². The topological polar surface area (TPSA) is 71.1 Å². The lowest BCUT2D eigenvalue weighted by molar-refractivity contribution is -0.126. The van der Waals surface area contributed by atoms with Gasteiger partial charge in [-0.15, -0.1) is 0 Å². The molecular formula is C18H21N3O2. The number of pyridine rings is 1. The second kappa shape index (κ2) is 8.68. The summed E-state index contributed by atoms with van der Waals surface area (Å²) in [4.78, 5) is 27.5. The van der Waals surface area contributed by atoms with Gasteiger partial charge in [0.05, 0.1) is 0 Å². The van der Waals surface area contributed by atoms with Crippen LogP contribution in [0.25, 0.3) is 0 Å². The molecule has 0 unspecified atom stereocenters. The number of nitrogens with zero attached hydrogens (tertiary/aromatic N) is 1. The smallest absolute Gasteiger partial charge is 0.233 e. The van der Waals surface area contributed by atoms with Crippen LogP contribution in [0.1, 0.15) is 24.0 Å². The van der Waals surface area contributed by atoms with Gasteiger partial charge in [-0.25, -0.2) is 0 Å². The van der Waals surface area contributed by atoms with Crippen molar-refractivity contribution in [3.63, 3.8) is 0 Å². The van der Waals surface area contributed by atoms with Gasteiger partial charge in [-0.2, -0.15) is 0 Å². The molecule has 1 aromatic heterocycles. The Hall–Kier alpha value is -2.69. The fourth-order valence-corrected chi connectivity index (χ4v) is 2.12. The summed E-state index contributed by atoms with van der Waals surface area (Å²) in [6, 6.07) is 11.4. The molecule has 0 atom stereocenters. The standard InChI is InChI=1S/C18H21N3O2/c1-14-4-6-16(7-5-14)21-18(23)13-17(22)20-10-2-3-15-8-11-19-12-9-15/h4-9,11-12H,2-3,10,13H2,1H3,(H,20,22)(H,21,23). The molecule has 2 amide bonds. The van der Waals surface area contributed by atoms with Crippen molar-refractivity contribution in [2.45, 2.75) is 26.2 Å². The summed E-state index contributed by atoms with van der Waals surface area (Å²) >= 11 is 0. The fourth-order valence-electron chi connectivity index (χ4n) is 2.12. The zero-order valence-electron chi connectivity index (χ0n) is 13.2. The van der Waals surface area contributed by atoms with E-state index in [2.05, 4.69) is 15.6 Å². The minimum Gasteiger partial charge on any atom is -0.356 e. The molecule has 0 spiro atoms. The van der Waals surface area contributed by atoms with E-state index in [1.165, 1.54) is 5.56 Å². The third kappa shape index (κ3) is 6.30. The van der Waals surface area contributed by atoms with E-state index in [0.29, 0.717) is 12.2 Å². The van der Waals surface area contributed by atoms with Crippen molar-refractivity contribution in [2.24, 2.45) is 0 Å². The lowest BCUT2D eigenvalue weighted by Gasteiger charge is -2.07. The quantitative estimate of drug-likeness (QED) is 0.609. The number of hydrogen-bond acceptors (Lipinski definition) is 3. The van der Waals surface area contributed by atoms with E-state index < -0.39 is 0 Å². The molecule has 2 aromatic rings. The molecule has 5 heteroatoms. The van der Waals surface area contributed by atoms with Crippen LogP contribution in [0.15, 0.2) is 48.8 Å². The van der Waals surface area contributed by atoms with Crippen LogP contribution >= 0.6 is 0 Å². The predicted octanol–water partition coefficient (Wildman–Crippen LogP) is 2.47. The van der Waals surface area contributed by atoms with E-state index in [4.69, 9.17) is 0 Å². The van der Waals surface area contributed by atoms with Crippen LogP contribution in [0.3, 0.4) is 0 Å². The second-order valence-corrected chi connectivity index (χ2v) is 5.40. The molecule has 2 N–H and O–H groups in total. The summed E-state index contributed by atoms with van der Waals surface area (Å²) in [5.74, 6) is -0.565. The minimum absolute atomic E-state index is 0.164. The Morgan fingerprint density at radius 1 is 1.00 bits per heavy atom. The van der Waals surface area contributed by atoms with Crippen molar-refractivity contribution >= 4 is 17.5 Å². The van der Waals surface area contributed by atoms with Crippen LogP contribution in [0.2, 0.25) is 0 Å². The summed E-state index contributed by atoms with van der Waals surface area (Å²) in [5.41, 5.74) is 3.01. The second-order valence-electron chi connectivity index (χ2n) is 5.40. The van der Waals surface area contributed by atoms with Crippen molar-refractivity contribution < 1.29 is 9.59 Å². The molecule has 0 bridgehead atoms. The lowest BCUT2D eigenvalue weighted by Crippen LogP contribution is -2.29. The molecule has 120 valence electrons. The van der Waals surface area contributed by atoms with Crippen molar-refractivity contribution in [1.82, 2.24) is 10.3 Å². The Bertz CT molecular complexity index is 639. The van der Waals surface area contributed by atoms with Gasteiger partial charge in [0.2, 0.25) is 11.8 Å². The van der Waals surface area contributed by atoms with Crippen molar-refractivity contribution in [2.75, 3.05) is 11.9 Å². The first kappa shape index (κ1) is 16.7. The third-order valence-corrected chi connectivity index (χ3v) is 3.37. The molecular weight excluding hydrogens is 290 g/mol. The van der Waals surface area contributed by atoms with Gasteiger partial charge in [-0.3, -0.25) is 14.6 Å². The zero-order chi connectivity index (χ0) is 16.5. The molecule has 1 aromatic carbocycles. The molecule has 0 aliphatic rings. The summed E-state index contributed by atoms with van der Waals surface area (Å²) < 4.78 is 0. The number of benzene rings is 1. The molecule has 23 heavy (non-hydrogen) atoms. The van der Waals surface area contributed by atoms with Gasteiger partial charge in [0.25, 0.3) is 0 Å². The summed E-state index contributed by atoms with van der Waals surface area (Å²) in [7, 11) is 0. The highest BCUT2D eigenvalue weighted by atomic mass is 16.2. The average molecular weight is 311 g/mol. The Morgan fingerprint density at radius 3 is 2.39 bits per heavy atom. The minimum atomic E-state index is -0.305. The van der Waals surface area contributed by atoms with Crippen molar-refractivity contribution in [3.05, 3.63) is 59.9 Å². The maximum Gasteiger partial charge on any atom is 0.233 e. The van der Waals surface area contributed by atoms with Gasteiger partial charge in [-0.1, -0.05) is 17.7 Å². The number of carbonyl (C=O) groups excluding carboxylic acids is 2. The van der Waals surface area contributed by atoms with Gasteiger partial charge >= 0.3 is 0 Å². The predicted molar refractivity (Wildman–Crippen MR) is 90.0 cm³/mol. The summed E-state index contributed by atoms with van der Waals surface area (Å²) in [6.45, 7) is 2.53. The highest BCUT2D eigenvalue weighted by Crippen LogP contribution is 2.08. The van der Waals surface area contributed by atoms with Crippen LogP contribution in [-0.4, -0.2) is 23.3 Å². The lowest BCUT2D eigenvalue weighted by atomic mass is 10.1. The average Bonchev–Trinajstić information content (AvgIpc) is 2.55. The highest BCUT2D eigenvalue weighted by Gasteiger charge is 2.09. The van der Waals surface area contributed by atoms with Crippen molar-refractivity contribution in [1.29, 1.82) is 0 Å². The largest absolute Gasteiger partial charge is 0.356 e. The summed E-state index contributed by atoms with van der Waals surface area (Å²) in [5, 5.41) is 5.47. The SMILES string of the molecule is Cc1ccc(NC(=O)CC(=O)NCCCc2ccncc2)cc1. The van der Waals surface area contributed by atoms with Crippen LogP contribution in [-0.2, 0) is 16.0 Å². The normalized spacial score (nSPS) is 10.1.